The first-order chi connectivity index (χ1) is 7.79. The van der Waals surface area contributed by atoms with E-state index in [-0.39, 0.29) is 11.9 Å². The summed E-state index contributed by atoms with van der Waals surface area (Å²) < 4.78 is 24.2. The number of halogens is 1. The topological polar surface area (TPSA) is 35.5 Å². The van der Waals surface area contributed by atoms with Crippen LogP contribution in [0.4, 0.5) is 4.39 Å². The number of hydrogen-bond donors (Lipinski definition) is 0. The van der Waals surface area contributed by atoms with Gasteiger partial charge in [-0.15, -0.1) is 0 Å². The van der Waals surface area contributed by atoms with E-state index in [1.54, 1.807) is 6.07 Å². The van der Waals surface area contributed by atoms with Gasteiger partial charge in [-0.1, -0.05) is 0 Å². The van der Waals surface area contributed by atoms with Gasteiger partial charge in [0.1, 0.15) is 12.4 Å². The summed E-state index contributed by atoms with van der Waals surface area (Å²) >= 11 is 0. The molecular formula is C12H13FO3. The van der Waals surface area contributed by atoms with Crippen molar-refractivity contribution in [2.24, 2.45) is 0 Å². The van der Waals surface area contributed by atoms with Gasteiger partial charge in [0.15, 0.2) is 11.6 Å². The van der Waals surface area contributed by atoms with Crippen molar-refractivity contribution in [3.05, 3.63) is 29.6 Å². The molecule has 16 heavy (non-hydrogen) atoms. The first kappa shape index (κ1) is 11.1. The monoisotopic (exact) mass is 224 g/mol. The van der Waals surface area contributed by atoms with Gasteiger partial charge in [0.25, 0.3) is 0 Å². The van der Waals surface area contributed by atoms with Crippen molar-refractivity contribution in [2.75, 3.05) is 13.2 Å². The predicted molar refractivity (Wildman–Crippen MR) is 56.3 cm³/mol. The van der Waals surface area contributed by atoms with Crippen LogP contribution in [-0.2, 0) is 4.74 Å². The number of ether oxygens (including phenoxy) is 2. The zero-order valence-corrected chi connectivity index (χ0v) is 8.82. The quantitative estimate of drug-likeness (QED) is 0.738. The molecule has 0 saturated carbocycles. The summed E-state index contributed by atoms with van der Waals surface area (Å²) in [5, 5.41) is 0. The van der Waals surface area contributed by atoms with Crippen molar-refractivity contribution in [2.45, 2.75) is 18.9 Å². The molecule has 1 aromatic carbocycles. The minimum atomic E-state index is -0.490. The second-order valence-corrected chi connectivity index (χ2v) is 3.74. The summed E-state index contributed by atoms with van der Waals surface area (Å²) in [6.07, 6.45) is 2.16. The third kappa shape index (κ3) is 2.58. The van der Waals surface area contributed by atoms with Gasteiger partial charge in [-0.2, -0.15) is 0 Å². The van der Waals surface area contributed by atoms with Gasteiger partial charge in [0.05, 0.1) is 13.2 Å². The molecule has 0 aliphatic carbocycles. The van der Waals surface area contributed by atoms with Gasteiger partial charge >= 0.3 is 0 Å². The van der Waals surface area contributed by atoms with E-state index in [2.05, 4.69) is 0 Å². The molecule has 0 radical (unpaired) electrons. The average Bonchev–Trinajstić information content (AvgIpc) is 2.33. The lowest BCUT2D eigenvalue weighted by molar-refractivity contribution is 0.0240. The molecule has 2 rings (SSSR count). The number of hydrogen-bond acceptors (Lipinski definition) is 3. The van der Waals surface area contributed by atoms with Crippen molar-refractivity contribution in [3.63, 3.8) is 0 Å². The molecule has 0 aromatic heterocycles. The Hall–Kier alpha value is -1.42. The van der Waals surface area contributed by atoms with E-state index in [0.717, 1.165) is 12.8 Å². The highest BCUT2D eigenvalue weighted by atomic mass is 19.1. The Balaban J connectivity index is 2.05. The van der Waals surface area contributed by atoms with Crippen LogP contribution in [0.2, 0.25) is 0 Å². The first-order valence-electron chi connectivity index (χ1n) is 5.29. The lowest BCUT2D eigenvalue weighted by Crippen LogP contribution is -2.26. The summed E-state index contributed by atoms with van der Waals surface area (Å²) in [6, 6.07) is 4.22. The van der Waals surface area contributed by atoms with E-state index in [1.807, 2.05) is 0 Å². The lowest BCUT2D eigenvalue weighted by Gasteiger charge is -2.23. The first-order valence-corrected chi connectivity index (χ1v) is 5.29. The van der Waals surface area contributed by atoms with Crippen LogP contribution in [0.25, 0.3) is 0 Å². The van der Waals surface area contributed by atoms with Crippen molar-refractivity contribution in [3.8, 4) is 5.75 Å². The highest BCUT2D eigenvalue weighted by molar-refractivity contribution is 5.74. The SMILES string of the molecule is O=Cc1ccc(OC2CCOCC2)c(F)c1. The molecule has 0 unspecified atom stereocenters. The van der Waals surface area contributed by atoms with Crippen LogP contribution in [0.5, 0.6) is 5.75 Å². The Bertz CT molecular complexity index is 373. The van der Waals surface area contributed by atoms with E-state index in [4.69, 9.17) is 9.47 Å². The Morgan fingerprint density at radius 2 is 2.12 bits per heavy atom. The van der Waals surface area contributed by atoms with E-state index in [9.17, 15) is 9.18 Å². The maximum Gasteiger partial charge on any atom is 0.165 e. The van der Waals surface area contributed by atoms with Gasteiger partial charge in [-0.3, -0.25) is 4.79 Å². The van der Waals surface area contributed by atoms with Crippen LogP contribution in [0.3, 0.4) is 0 Å². The summed E-state index contributed by atoms with van der Waals surface area (Å²) in [4.78, 5) is 10.4. The summed E-state index contributed by atoms with van der Waals surface area (Å²) in [5.74, 6) is -0.284. The molecule has 0 amide bonds. The lowest BCUT2D eigenvalue weighted by atomic mass is 10.1. The molecule has 1 aliphatic heterocycles. The van der Waals surface area contributed by atoms with Gasteiger partial charge in [-0.25, -0.2) is 4.39 Å². The summed E-state index contributed by atoms with van der Waals surface area (Å²) in [7, 11) is 0. The van der Waals surface area contributed by atoms with Gasteiger partial charge in [-0.05, 0) is 18.2 Å². The minimum Gasteiger partial charge on any atom is -0.487 e. The van der Waals surface area contributed by atoms with Crippen molar-refractivity contribution < 1.29 is 18.7 Å². The number of aldehydes is 1. The number of carbonyl (C=O) groups excluding carboxylic acids is 1. The van der Waals surface area contributed by atoms with Crippen LogP contribution in [-0.4, -0.2) is 25.6 Å². The smallest absolute Gasteiger partial charge is 0.165 e. The number of benzene rings is 1. The molecule has 1 fully saturated rings. The van der Waals surface area contributed by atoms with E-state index >= 15 is 0 Å². The fraction of sp³-hybridized carbons (Fsp3) is 0.417. The van der Waals surface area contributed by atoms with Crippen LogP contribution in [0.15, 0.2) is 18.2 Å². The van der Waals surface area contributed by atoms with E-state index in [0.29, 0.717) is 25.1 Å². The third-order valence-corrected chi connectivity index (χ3v) is 2.55. The largest absolute Gasteiger partial charge is 0.487 e. The van der Waals surface area contributed by atoms with Crippen LogP contribution >= 0.6 is 0 Å². The van der Waals surface area contributed by atoms with Crippen molar-refractivity contribution in [1.29, 1.82) is 0 Å². The molecule has 1 heterocycles. The normalized spacial score (nSPS) is 17.1. The van der Waals surface area contributed by atoms with Gasteiger partial charge in [0.2, 0.25) is 0 Å². The van der Waals surface area contributed by atoms with E-state index in [1.165, 1.54) is 12.1 Å². The van der Waals surface area contributed by atoms with Crippen LogP contribution in [0.1, 0.15) is 23.2 Å². The van der Waals surface area contributed by atoms with E-state index < -0.39 is 5.82 Å². The molecule has 86 valence electrons. The second kappa shape index (κ2) is 5.07. The molecule has 4 heteroatoms. The maximum absolute atomic E-state index is 13.5. The number of rotatable bonds is 3. The molecule has 0 N–H and O–H groups in total. The van der Waals surface area contributed by atoms with Gasteiger partial charge < -0.3 is 9.47 Å². The van der Waals surface area contributed by atoms with Gasteiger partial charge in [0, 0.05) is 18.4 Å². The summed E-state index contributed by atoms with van der Waals surface area (Å²) in [6.45, 7) is 1.30. The summed E-state index contributed by atoms with van der Waals surface area (Å²) in [5.41, 5.74) is 0.317. The zero-order chi connectivity index (χ0) is 11.4. The number of carbonyl (C=O) groups is 1. The molecule has 1 saturated heterocycles. The molecule has 0 atom stereocenters. The zero-order valence-electron chi connectivity index (χ0n) is 8.82. The average molecular weight is 224 g/mol. The molecule has 1 aromatic rings. The fourth-order valence-corrected chi connectivity index (χ4v) is 1.66. The molecule has 0 bridgehead atoms. The Morgan fingerprint density at radius 1 is 1.38 bits per heavy atom. The minimum absolute atomic E-state index is 0.00494. The second-order valence-electron chi connectivity index (χ2n) is 3.74. The third-order valence-electron chi connectivity index (χ3n) is 2.55. The fourth-order valence-electron chi connectivity index (χ4n) is 1.66. The van der Waals surface area contributed by atoms with Crippen molar-refractivity contribution in [1.82, 2.24) is 0 Å². The highest BCUT2D eigenvalue weighted by Crippen LogP contribution is 2.22. The van der Waals surface area contributed by atoms with Crippen LogP contribution in [0, 0.1) is 5.82 Å². The molecule has 1 aliphatic rings. The molecule has 3 nitrogen and oxygen atoms in total. The predicted octanol–water partition coefficient (Wildman–Crippen LogP) is 2.20. The Labute approximate surface area is 93.2 Å². The maximum atomic E-state index is 13.5. The Kier molecular flexibility index (Phi) is 3.51. The molecule has 0 spiro atoms. The highest BCUT2D eigenvalue weighted by Gasteiger charge is 2.17. The Morgan fingerprint density at radius 3 is 2.75 bits per heavy atom. The van der Waals surface area contributed by atoms with Crippen molar-refractivity contribution >= 4 is 6.29 Å². The standard InChI is InChI=1S/C12H13FO3/c13-11-7-9(8-14)1-2-12(11)16-10-3-5-15-6-4-10/h1-2,7-8,10H,3-6H2. The van der Waals surface area contributed by atoms with Crippen LogP contribution < -0.4 is 4.74 Å². The molecular weight excluding hydrogens is 211 g/mol.